The molecule has 0 atom stereocenters. The molecule has 3 heteroatoms. The first-order chi connectivity index (χ1) is 5.63. The van der Waals surface area contributed by atoms with Crippen molar-refractivity contribution in [3.63, 3.8) is 0 Å². The van der Waals surface area contributed by atoms with Crippen molar-refractivity contribution in [2.75, 3.05) is 0 Å². The molecule has 1 heterocycles. The first-order valence-electron chi connectivity index (χ1n) is 3.77. The van der Waals surface area contributed by atoms with Crippen LogP contribution in [0.15, 0.2) is 34.0 Å². The molecule has 0 bridgehead atoms. The van der Waals surface area contributed by atoms with Crippen LogP contribution in [0.5, 0.6) is 0 Å². The third-order valence-corrected chi connectivity index (χ3v) is 2.19. The highest BCUT2D eigenvalue weighted by Gasteiger charge is 2.15. The summed E-state index contributed by atoms with van der Waals surface area (Å²) in [5.41, 5.74) is 1.78. The number of nitrogens with zero attached hydrogens (tertiary/aromatic N) is 2. The number of rotatable bonds is 1. The van der Waals surface area contributed by atoms with E-state index in [1.165, 1.54) is 0 Å². The van der Waals surface area contributed by atoms with Crippen LogP contribution in [-0.4, -0.2) is 10.1 Å². The number of aliphatic imine (C=N–C) groups is 2. The van der Waals surface area contributed by atoms with E-state index in [2.05, 4.69) is 16.6 Å². The van der Waals surface area contributed by atoms with Crippen molar-refractivity contribution in [3.8, 4) is 0 Å². The quantitative estimate of drug-likeness (QED) is 0.609. The summed E-state index contributed by atoms with van der Waals surface area (Å²) < 4.78 is 0. The van der Waals surface area contributed by atoms with Gasteiger partial charge in [0, 0.05) is 5.70 Å². The summed E-state index contributed by atoms with van der Waals surface area (Å²) in [7, 11) is 0. The molecule has 0 amide bonds. The second-order valence-corrected chi connectivity index (χ2v) is 3.74. The van der Waals surface area contributed by atoms with Crippen molar-refractivity contribution in [1.82, 2.24) is 0 Å². The number of thioether (sulfide) groups is 1. The molecule has 0 saturated carbocycles. The van der Waals surface area contributed by atoms with E-state index >= 15 is 0 Å². The Labute approximate surface area is 77.2 Å². The predicted molar refractivity (Wildman–Crippen MR) is 56.7 cm³/mol. The molecule has 0 aromatic carbocycles. The molecule has 0 radical (unpaired) electrons. The minimum atomic E-state index is 0.821. The standard InChI is InChI=1S/C9H12N2S/c1-5-8-9(10-6(2)3)12-7(4)11-8/h5H,2H2,1,3-4H3/b8-5+,10-9+. The van der Waals surface area contributed by atoms with Gasteiger partial charge < -0.3 is 0 Å². The Kier molecular flexibility index (Phi) is 2.87. The highest BCUT2D eigenvalue weighted by molar-refractivity contribution is 8.27. The smallest absolute Gasteiger partial charge is 0.128 e. The molecule has 0 saturated heterocycles. The molecule has 64 valence electrons. The fourth-order valence-corrected chi connectivity index (χ4v) is 1.77. The zero-order valence-corrected chi connectivity index (χ0v) is 8.40. The molecule has 0 aromatic heterocycles. The van der Waals surface area contributed by atoms with E-state index in [0.717, 1.165) is 21.5 Å². The van der Waals surface area contributed by atoms with Crippen LogP contribution in [0.4, 0.5) is 0 Å². The number of hydrogen-bond donors (Lipinski definition) is 0. The molecule has 0 N–H and O–H groups in total. The molecule has 1 rings (SSSR count). The average molecular weight is 180 g/mol. The maximum absolute atomic E-state index is 4.31. The summed E-state index contributed by atoms with van der Waals surface area (Å²) >= 11 is 1.60. The fourth-order valence-electron chi connectivity index (χ4n) is 0.874. The zero-order chi connectivity index (χ0) is 9.14. The third-order valence-electron chi connectivity index (χ3n) is 1.31. The third kappa shape index (κ3) is 2.08. The second kappa shape index (κ2) is 3.72. The Morgan fingerprint density at radius 3 is 2.83 bits per heavy atom. The van der Waals surface area contributed by atoms with Crippen LogP contribution < -0.4 is 0 Å². The van der Waals surface area contributed by atoms with Gasteiger partial charge in [-0.05, 0) is 20.8 Å². The Morgan fingerprint density at radius 2 is 2.33 bits per heavy atom. The van der Waals surface area contributed by atoms with Gasteiger partial charge in [-0.3, -0.25) is 0 Å². The summed E-state index contributed by atoms with van der Waals surface area (Å²) in [4.78, 5) is 8.59. The van der Waals surface area contributed by atoms with Crippen molar-refractivity contribution >= 4 is 21.8 Å². The molecule has 0 fully saturated rings. The lowest BCUT2D eigenvalue weighted by Crippen LogP contribution is -1.89. The Hall–Kier alpha value is -0.830. The molecule has 0 spiro atoms. The van der Waals surface area contributed by atoms with E-state index in [1.807, 2.05) is 26.8 Å². The lowest BCUT2D eigenvalue weighted by atomic mass is 10.4. The van der Waals surface area contributed by atoms with Gasteiger partial charge in [0.15, 0.2) is 0 Å². The largest absolute Gasteiger partial charge is 0.245 e. The summed E-state index contributed by atoms with van der Waals surface area (Å²) in [6.07, 6.45) is 1.96. The highest BCUT2D eigenvalue weighted by Crippen LogP contribution is 2.25. The van der Waals surface area contributed by atoms with E-state index in [4.69, 9.17) is 0 Å². The minimum Gasteiger partial charge on any atom is -0.245 e. The van der Waals surface area contributed by atoms with Gasteiger partial charge >= 0.3 is 0 Å². The van der Waals surface area contributed by atoms with Crippen molar-refractivity contribution < 1.29 is 0 Å². The van der Waals surface area contributed by atoms with Gasteiger partial charge in [0.2, 0.25) is 0 Å². The fraction of sp³-hybridized carbons (Fsp3) is 0.333. The lowest BCUT2D eigenvalue weighted by molar-refractivity contribution is 1.32. The van der Waals surface area contributed by atoms with Gasteiger partial charge in [0.25, 0.3) is 0 Å². The minimum absolute atomic E-state index is 0.821. The normalized spacial score (nSPS) is 23.4. The zero-order valence-electron chi connectivity index (χ0n) is 7.59. The molecule has 2 nitrogen and oxygen atoms in total. The summed E-state index contributed by atoms with van der Waals surface area (Å²) in [6, 6.07) is 0. The van der Waals surface area contributed by atoms with Gasteiger partial charge in [0.05, 0.1) is 10.7 Å². The molecule has 12 heavy (non-hydrogen) atoms. The van der Waals surface area contributed by atoms with Gasteiger partial charge in [-0.2, -0.15) is 0 Å². The average Bonchev–Trinajstić information content (AvgIpc) is 2.29. The van der Waals surface area contributed by atoms with Crippen molar-refractivity contribution in [2.24, 2.45) is 9.98 Å². The van der Waals surface area contributed by atoms with E-state index < -0.39 is 0 Å². The molecular weight excluding hydrogens is 168 g/mol. The Bertz CT molecular complexity index is 298. The van der Waals surface area contributed by atoms with Crippen molar-refractivity contribution in [2.45, 2.75) is 20.8 Å². The molecular formula is C9H12N2S. The van der Waals surface area contributed by atoms with Crippen molar-refractivity contribution in [3.05, 3.63) is 24.0 Å². The lowest BCUT2D eigenvalue weighted by Gasteiger charge is -1.94. The highest BCUT2D eigenvalue weighted by atomic mass is 32.2. The Balaban J connectivity index is 2.92. The van der Waals surface area contributed by atoms with Crippen LogP contribution in [0.2, 0.25) is 0 Å². The van der Waals surface area contributed by atoms with Crippen LogP contribution in [0, 0.1) is 0 Å². The SMILES string of the molecule is C=C(C)/N=C1/SC(C)=N/C1=C/C. The summed E-state index contributed by atoms with van der Waals surface area (Å²) in [6.45, 7) is 9.56. The van der Waals surface area contributed by atoms with Gasteiger partial charge in [-0.15, -0.1) is 0 Å². The molecule has 1 aliphatic heterocycles. The maximum Gasteiger partial charge on any atom is 0.128 e. The van der Waals surface area contributed by atoms with E-state index in [9.17, 15) is 0 Å². The van der Waals surface area contributed by atoms with Crippen LogP contribution in [0.3, 0.4) is 0 Å². The molecule has 0 unspecified atom stereocenters. The van der Waals surface area contributed by atoms with Crippen LogP contribution in [0.1, 0.15) is 20.8 Å². The van der Waals surface area contributed by atoms with E-state index in [0.29, 0.717) is 0 Å². The molecule has 0 aliphatic carbocycles. The first-order valence-corrected chi connectivity index (χ1v) is 4.59. The van der Waals surface area contributed by atoms with Crippen molar-refractivity contribution in [1.29, 1.82) is 0 Å². The van der Waals surface area contributed by atoms with Crippen LogP contribution in [0.25, 0.3) is 0 Å². The van der Waals surface area contributed by atoms with E-state index in [1.54, 1.807) is 11.8 Å². The second-order valence-electron chi connectivity index (χ2n) is 2.56. The monoisotopic (exact) mass is 180 g/mol. The van der Waals surface area contributed by atoms with Gasteiger partial charge in [-0.1, -0.05) is 24.4 Å². The first kappa shape index (κ1) is 9.26. The summed E-state index contributed by atoms with van der Waals surface area (Å²) in [5, 5.41) is 2.01. The van der Waals surface area contributed by atoms with Crippen LogP contribution >= 0.6 is 11.8 Å². The van der Waals surface area contributed by atoms with Gasteiger partial charge in [-0.25, -0.2) is 9.98 Å². The maximum atomic E-state index is 4.31. The van der Waals surface area contributed by atoms with Gasteiger partial charge in [0.1, 0.15) is 5.04 Å². The van der Waals surface area contributed by atoms with Crippen LogP contribution in [-0.2, 0) is 0 Å². The predicted octanol–water partition coefficient (Wildman–Crippen LogP) is 2.99. The van der Waals surface area contributed by atoms with E-state index in [-0.39, 0.29) is 0 Å². The number of allylic oxidation sites excluding steroid dienone is 2. The molecule has 1 aliphatic rings. The Morgan fingerprint density at radius 1 is 1.67 bits per heavy atom. The summed E-state index contributed by atoms with van der Waals surface area (Å²) in [5.74, 6) is 0. The topological polar surface area (TPSA) is 24.7 Å². The molecule has 0 aromatic rings. The number of hydrogen-bond acceptors (Lipinski definition) is 3.